The molecule has 1 saturated heterocycles. The summed E-state index contributed by atoms with van der Waals surface area (Å²) in [6.07, 6.45) is 4.90. The van der Waals surface area contributed by atoms with Crippen molar-refractivity contribution in [3.8, 4) is 28.1 Å². The third kappa shape index (κ3) is 4.66. The van der Waals surface area contributed by atoms with Crippen LogP contribution < -0.4 is 5.73 Å². The maximum Gasteiger partial charge on any atom is 0.410 e. The van der Waals surface area contributed by atoms with E-state index in [1.165, 1.54) is 0 Å². The van der Waals surface area contributed by atoms with Crippen molar-refractivity contribution >= 4 is 11.8 Å². The van der Waals surface area contributed by atoms with Crippen molar-refractivity contribution < 1.29 is 13.9 Å². The molecule has 0 atom stereocenters. The number of aromatic nitrogens is 3. The summed E-state index contributed by atoms with van der Waals surface area (Å²) in [5.74, 6) is -0.212. The first-order valence-corrected chi connectivity index (χ1v) is 11.8. The van der Waals surface area contributed by atoms with E-state index in [2.05, 4.69) is 4.98 Å². The van der Waals surface area contributed by atoms with Gasteiger partial charge < -0.3 is 15.4 Å². The first-order chi connectivity index (χ1) is 17.2. The van der Waals surface area contributed by atoms with Crippen LogP contribution in [0.25, 0.3) is 28.1 Å². The van der Waals surface area contributed by atoms with Crippen LogP contribution in [0.4, 0.5) is 14.9 Å². The molecule has 1 amide bonds. The van der Waals surface area contributed by atoms with Gasteiger partial charge in [-0.3, -0.25) is 4.98 Å². The number of anilines is 1. The lowest BCUT2D eigenvalue weighted by molar-refractivity contribution is 0.00819. The fraction of sp³-hybridized carbons (Fsp3) is 0.250. The van der Waals surface area contributed by atoms with Crippen molar-refractivity contribution in [1.29, 1.82) is 0 Å². The molecule has 8 heteroatoms. The second-order valence-corrected chi connectivity index (χ2v) is 9.95. The molecule has 4 aromatic rings. The molecule has 1 aliphatic rings. The second-order valence-electron chi connectivity index (χ2n) is 9.95. The standard InChI is InChI=1S/C28H28FN5O2/c1-28(2,3)36-27(35)33-15-20(16-33)18-7-9-21(10-8-18)34-17-23(22-5-4-6-24(30)25(22)29)26(32-34)19-11-13-31-14-12-19/h4-14,17,20H,15-16,30H2,1-3H3. The van der Waals surface area contributed by atoms with Gasteiger partial charge in [0.15, 0.2) is 5.82 Å². The summed E-state index contributed by atoms with van der Waals surface area (Å²) in [7, 11) is 0. The average Bonchev–Trinajstić information content (AvgIpc) is 3.25. The highest BCUT2D eigenvalue weighted by molar-refractivity contribution is 5.82. The Morgan fingerprint density at radius 1 is 1.03 bits per heavy atom. The Bertz CT molecular complexity index is 1390. The minimum atomic E-state index is -0.504. The highest BCUT2D eigenvalue weighted by atomic mass is 19.1. The molecule has 1 aliphatic heterocycles. The monoisotopic (exact) mass is 485 g/mol. The zero-order valence-electron chi connectivity index (χ0n) is 20.5. The first-order valence-electron chi connectivity index (χ1n) is 11.8. The van der Waals surface area contributed by atoms with Crippen LogP contribution in [0, 0.1) is 5.82 Å². The summed E-state index contributed by atoms with van der Waals surface area (Å²) >= 11 is 0. The molecule has 36 heavy (non-hydrogen) atoms. The van der Waals surface area contributed by atoms with Gasteiger partial charge in [0, 0.05) is 54.3 Å². The molecule has 0 unspecified atom stereocenters. The minimum absolute atomic E-state index is 0.0891. The number of carbonyl (C=O) groups excluding carboxylic acids is 1. The van der Waals surface area contributed by atoms with Crippen molar-refractivity contribution in [2.24, 2.45) is 0 Å². The van der Waals surface area contributed by atoms with E-state index in [9.17, 15) is 9.18 Å². The Labute approximate surface area is 209 Å². The van der Waals surface area contributed by atoms with Crippen LogP contribution in [0.1, 0.15) is 32.3 Å². The van der Waals surface area contributed by atoms with Crippen molar-refractivity contribution in [3.63, 3.8) is 0 Å². The normalized spacial score (nSPS) is 13.9. The largest absolute Gasteiger partial charge is 0.444 e. The van der Waals surface area contributed by atoms with Gasteiger partial charge in [-0.05, 0) is 56.7 Å². The Hall–Kier alpha value is -4.20. The van der Waals surface area contributed by atoms with E-state index in [0.717, 1.165) is 16.8 Å². The lowest BCUT2D eigenvalue weighted by Crippen LogP contribution is -2.50. The number of nitrogens with zero attached hydrogens (tertiary/aromatic N) is 4. The first kappa shape index (κ1) is 23.5. The van der Waals surface area contributed by atoms with E-state index < -0.39 is 11.4 Å². The van der Waals surface area contributed by atoms with Gasteiger partial charge >= 0.3 is 6.09 Å². The SMILES string of the molecule is CC(C)(C)OC(=O)N1CC(c2ccc(-n3cc(-c4cccc(N)c4F)c(-c4ccncc4)n3)cc2)C1. The molecule has 184 valence electrons. The van der Waals surface area contributed by atoms with E-state index in [1.807, 2.05) is 63.4 Å². The van der Waals surface area contributed by atoms with Gasteiger partial charge in [-0.15, -0.1) is 0 Å². The van der Waals surface area contributed by atoms with E-state index in [4.69, 9.17) is 15.6 Å². The number of hydrogen-bond acceptors (Lipinski definition) is 5. The third-order valence-electron chi connectivity index (χ3n) is 6.15. The van der Waals surface area contributed by atoms with Gasteiger partial charge in [0.25, 0.3) is 0 Å². The molecule has 0 radical (unpaired) electrons. The predicted octanol–water partition coefficient (Wildman–Crippen LogP) is 5.66. The zero-order valence-corrected chi connectivity index (χ0v) is 20.5. The number of nitrogen functional groups attached to an aromatic ring is 1. The summed E-state index contributed by atoms with van der Waals surface area (Å²) in [5, 5.41) is 4.79. The van der Waals surface area contributed by atoms with E-state index in [-0.39, 0.29) is 17.7 Å². The number of pyridine rings is 1. The zero-order chi connectivity index (χ0) is 25.4. The van der Waals surface area contributed by atoms with Crippen LogP contribution >= 0.6 is 0 Å². The van der Waals surface area contributed by atoms with Crippen molar-refractivity contribution in [3.05, 3.63) is 84.6 Å². The maximum absolute atomic E-state index is 15.0. The van der Waals surface area contributed by atoms with Gasteiger partial charge in [-0.2, -0.15) is 5.10 Å². The number of ether oxygens (including phenoxy) is 1. The fourth-order valence-corrected chi connectivity index (χ4v) is 4.25. The highest BCUT2D eigenvalue weighted by Crippen LogP contribution is 2.35. The second kappa shape index (κ2) is 9.11. The minimum Gasteiger partial charge on any atom is -0.444 e. The molecule has 0 spiro atoms. The average molecular weight is 486 g/mol. The Balaban J connectivity index is 1.40. The summed E-state index contributed by atoms with van der Waals surface area (Å²) in [6, 6.07) is 16.7. The number of hydrogen-bond donors (Lipinski definition) is 1. The molecule has 5 rings (SSSR count). The van der Waals surface area contributed by atoms with Crippen LogP contribution in [0.2, 0.25) is 0 Å². The maximum atomic E-state index is 15.0. The van der Waals surface area contributed by atoms with E-state index >= 15 is 0 Å². The Morgan fingerprint density at radius 3 is 2.39 bits per heavy atom. The molecule has 0 aliphatic carbocycles. The van der Waals surface area contributed by atoms with Crippen LogP contribution in [0.5, 0.6) is 0 Å². The molecule has 2 aromatic heterocycles. The summed E-state index contributed by atoms with van der Waals surface area (Å²) in [6.45, 7) is 6.84. The molecule has 7 nitrogen and oxygen atoms in total. The fourth-order valence-electron chi connectivity index (χ4n) is 4.25. The lowest BCUT2D eigenvalue weighted by Gasteiger charge is -2.40. The number of halogens is 1. The number of likely N-dealkylation sites (tertiary alicyclic amines) is 1. The smallest absolute Gasteiger partial charge is 0.410 e. The summed E-state index contributed by atoms with van der Waals surface area (Å²) in [4.78, 5) is 18.0. The van der Waals surface area contributed by atoms with Gasteiger partial charge in [0.05, 0.1) is 11.4 Å². The topological polar surface area (TPSA) is 86.3 Å². The third-order valence-corrected chi connectivity index (χ3v) is 6.15. The summed E-state index contributed by atoms with van der Waals surface area (Å²) < 4.78 is 22.1. The predicted molar refractivity (Wildman–Crippen MR) is 137 cm³/mol. The highest BCUT2D eigenvalue weighted by Gasteiger charge is 2.34. The van der Waals surface area contributed by atoms with E-state index in [1.54, 1.807) is 40.2 Å². The molecule has 1 fully saturated rings. The van der Waals surface area contributed by atoms with E-state index in [0.29, 0.717) is 29.9 Å². The molecular weight excluding hydrogens is 457 g/mol. The number of amides is 1. The Morgan fingerprint density at radius 2 is 1.72 bits per heavy atom. The number of benzene rings is 2. The Kier molecular flexibility index (Phi) is 5.96. The van der Waals surface area contributed by atoms with Gasteiger partial charge in [-0.25, -0.2) is 13.9 Å². The summed E-state index contributed by atoms with van der Waals surface area (Å²) in [5.41, 5.74) is 9.90. The van der Waals surface area contributed by atoms with Crippen molar-refractivity contribution in [2.75, 3.05) is 18.8 Å². The van der Waals surface area contributed by atoms with Gasteiger partial charge in [0.1, 0.15) is 11.3 Å². The lowest BCUT2D eigenvalue weighted by atomic mass is 9.92. The molecule has 2 N–H and O–H groups in total. The molecule has 0 bridgehead atoms. The van der Waals surface area contributed by atoms with Crippen LogP contribution in [0.15, 0.2) is 73.2 Å². The van der Waals surface area contributed by atoms with Crippen molar-refractivity contribution in [2.45, 2.75) is 32.3 Å². The number of nitrogens with two attached hydrogens (primary N) is 1. The molecular formula is C28H28FN5O2. The quantitative estimate of drug-likeness (QED) is 0.377. The molecule has 3 heterocycles. The van der Waals surface area contributed by atoms with Crippen LogP contribution in [-0.4, -0.2) is 44.4 Å². The number of carbonyl (C=O) groups is 1. The van der Waals surface area contributed by atoms with Crippen molar-refractivity contribution in [1.82, 2.24) is 19.7 Å². The number of rotatable bonds is 4. The van der Waals surface area contributed by atoms with Crippen LogP contribution in [-0.2, 0) is 4.74 Å². The molecule has 0 saturated carbocycles. The van der Waals surface area contributed by atoms with Gasteiger partial charge in [0.2, 0.25) is 0 Å². The molecule has 2 aromatic carbocycles. The van der Waals surface area contributed by atoms with Gasteiger partial charge in [-0.1, -0.05) is 24.3 Å². The van der Waals surface area contributed by atoms with Crippen LogP contribution in [0.3, 0.4) is 0 Å².